The molecule has 1 aromatic heterocycles. The van der Waals surface area contributed by atoms with Crippen molar-refractivity contribution in [2.45, 2.75) is 39.0 Å². The summed E-state index contributed by atoms with van der Waals surface area (Å²) in [5.74, 6) is 0.902. The maximum atomic E-state index is 6.13. The van der Waals surface area contributed by atoms with Crippen LogP contribution >= 0.6 is 11.6 Å². The first-order valence-electron chi connectivity index (χ1n) is 7.27. The third kappa shape index (κ3) is 4.32. The summed E-state index contributed by atoms with van der Waals surface area (Å²) in [6.45, 7) is 6.60. The second-order valence-corrected chi connectivity index (χ2v) is 5.43. The van der Waals surface area contributed by atoms with Gasteiger partial charge < -0.3 is 10.2 Å². The summed E-state index contributed by atoms with van der Waals surface area (Å²) in [6, 6.07) is 0. The van der Waals surface area contributed by atoms with E-state index in [1.165, 1.54) is 38.7 Å². The Hall–Kier alpha value is -0.870. The summed E-state index contributed by atoms with van der Waals surface area (Å²) in [5, 5.41) is 3.99. The van der Waals surface area contributed by atoms with Crippen LogP contribution in [0, 0.1) is 0 Å². The van der Waals surface area contributed by atoms with Gasteiger partial charge in [0.25, 0.3) is 0 Å². The Morgan fingerprint density at radius 2 is 2.05 bits per heavy atom. The fourth-order valence-electron chi connectivity index (χ4n) is 2.53. The van der Waals surface area contributed by atoms with Gasteiger partial charge in [-0.1, -0.05) is 31.4 Å². The molecule has 2 rings (SSSR count). The average molecular weight is 283 g/mol. The summed E-state index contributed by atoms with van der Waals surface area (Å²) in [5.41, 5.74) is 1.05. The first kappa shape index (κ1) is 14.5. The van der Waals surface area contributed by atoms with Crippen molar-refractivity contribution in [2.24, 2.45) is 0 Å². The number of halogens is 1. The number of anilines is 1. The standard InChI is InChI=1S/C14H23ClN4/c1-2-6-12-13(15)17-11-18-14(12)16-7-10-19-8-4-3-5-9-19/h11H,2-10H2,1H3,(H,16,17,18). The summed E-state index contributed by atoms with van der Waals surface area (Å²) < 4.78 is 0. The zero-order valence-electron chi connectivity index (χ0n) is 11.7. The van der Waals surface area contributed by atoms with E-state index in [-0.39, 0.29) is 0 Å². The van der Waals surface area contributed by atoms with Crippen LogP contribution in [0.4, 0.5) is 5.82 Å². The predicted octanol–water partition coefficient (Wildman–Crippen LogP) is 2.98. The first-order valence-corrected chi connectivity index (χ1v) is 7.64. The maximum absolute atomic E-state index is 6.13. The molecule has 4 nitrogen and oxygen atoms in total. The van der Waals surface area contributed by atoms with Crippen LogP contribution in [-0.4, -0.2) is 41.0 Å². The number of rotatable bonds is 6. The number of hydrogen-bond acceptors (Lipinski definition) is 4. The van der Waals surface area contributed by atoms with E-state index in [4.69, 9.17) is 11.6 Å². The lowest BCUT2D eigenvalue weighted by molar-refractivity contribution is 0.237. The molecule has 1 N–H and O–H groups in total. The van der Waals surface area contributed by atoms with Gasteiger partial charge in [-0.05, 0) is 32.4 Å². The maximum Gasteiger partial charge on any atom is 0.137 e. The van der Waals surface area contributed by atoms with Gasteiger partial charge in [0.15, 0.2) is 0 Å². The summed E-state index contributed by atoms with van der Waals surface area (Å²) in [6.07, 6.45) is 7.55. The van der Waals surface area contributed by atoms with E-state index in [1.54, 1.807) is 0 Å². The molecule has 0 unspecified atom stereocenters. The zero-order valence-corrected chi connectivity index (χ0v) is 12.4. The third-order valence-electron chi connectivity index (χ3n) is 3.56. The number of likely N-dealkylation sites (tertiary alicyclic amines) is 1. The molecule has 0 spiro atoms. The van der Waals surface area contributed by atoms with Crippen LogP contribution in [0.2, 0.25) is 5.15 Å². The fourth-order valence-corrected chi connectivity index (χ4v) is 2.76. The predicted molar refractivity (Wildman–Crippen MR) is 79.8 cm³/mol. The van der Waals surface area contributed by atoms with Gasteiger partial charge in [0.1, 0.15) is 17.3 Å². The Bertz CT molecular complexity index is 391. The molecule has 2 heterocycles. The molecule has 0 aromatic carbocycles. The molecular formula is C14H23ClN4. The summed E-state index contributed by atoms with van der Waals surface area (Å²) in [7, 11) is 0. The van der Waals surface area contributed by atoms with Gasteiger partial charge in [0.2, 0.25) is 0 Å². The van der Waals surface area contributed by atoms with Crippen molar-refractivity contribution in [3.8, 4) is 0 Å². The smallest absolute Gasteiger partial charge is 0.137 e. The fraction of sp³-hybridized carbons (Fsp3) is 0.714. The minimum absolute atomic E-state index is 0.581. The number of nitrogens with one attached hydrogen (secondary N) is 1. The second kappa shape index (κ2) is 7.65. The molecule has 5 heteroatoms. The Morgan fingerprint density at radius 1 is 1.26 bits per heavy atom. The highest BCUT2D eigenvalue weighted by Crippen LogP contribution is 2.21. The van der Waals surface area contributed by atoms with E-state index in [0.717, 1.165) is 37.3 Å². The highest BCUT2D eigenvalue weighted by atomic mass is 35.5. The summed E-state index contributed by atoms with van der Waals surface area (Å²) in [4.78, 5) is 10.9. The van der Waals surface area contributed by atoms with E-state index < -0.39 is 0 Å². The molecule has 0 amide bonds. The van der Waals surface area contributed by atoms with Crippen LogP contribution in [0.25, 0.3) is 0 Å². The van der Waals surface area contributed by atoms with Crippen molar-refractivity contribution in [2.75, 3.05) is 31.5 Å². The van der Waals surface area contributed by atoms with Crippen molar-refractivity contribution >= 4 is 17.4 Å². The van der Waals surface area contributed by atoms with E-state index in [2.05, 4.69) is 27.1 Å². The van der Waals surface area contributed by atoms with Gasteiger partial charge >= 0.3 is 0 Å². The van der Waals surface area contributed by atoms with Crippen molar-refractivity contribution in [1.82, 2.24) is 14.9 Å². The molecule has 1 fully saturated rings. The van der Waals surface area contributed by atoms with Crippen LogP contribution in [0.5, 0.6) is 0 Å². The molecule has 0 bridgehead atoms. The average Bonchev–Trinajstić information content (AvgIpc) is 2.44. The molecule has 0 saturated carbocycles. The van der Waals surface area contributed by atoms with Crippen LogP contribution in [0.15, 0.2) is 6.33 Å². The molecule has 0 radical (unpaired) electrons. The highest BCUT2D eigenvalue weighted by molar-refractivity contribution is 6.30. The Balaban J connectivity index is 1.86. The Kier molecular flexibility index (Phi) is 5.86. The molecule has 19 heavy (non-hydrogen) atoms. The van der Waals surface area contributed by atoms with Crippen molar-refractivity contribution in [3.63, 3.8) is 0 Å². The first-order chi connectivity index (χ1) is 9.31. The molecule has 1 aliphatic rings. The zero-order chi connectivity index (χ0) is 13.5. The van der Waals surface area contributed by atoms with E-state index in [0.29, 0.717) is 5.15 Å². The van der Waals surface area contributed by atoms with Gasteiger partial charge in [-0.25, -0.2) is 9.97 Å². The van der Waals surface area contributed by atoms with Crippen LogP contribution in [-0.2, 0) is 6.42 Å². The van der Waals surface area contributed by atoms with Crippen LogP contribution in [0.1, 0.15) is 38.2 Å². The number of nitrogens with zero attached hydrogens (tertiary/aromatic N) is 3. The topological polar surface area (TPSA) is 41.1 Å². The highest BCUT2D eigenvalue weighted by Gasteiger charge is 2.11. The lowest BCUT2D eigenvalue weighted by Crippen LogP contribution is -2.33. The number of piperidine rings is 1. The Morgan fingerprint density at radius 3 is 2.79 bits per heavy atom. The molecule has 0 aliphatic carbocycles. The van der Waals surface area contributed by atoms with Gasteiger partial charge in [-0.2, -0.15) is 0 Å². The normalized spacial score (nSPS) is 16.5. The van der Waals surface area contributed by atoms with Gasteiger partial charge in [0, 0.05) is 18.7 Å². The molecule has 1 saturated heterocycles. The third-order valence-corrected chi connectivity index (χ3v) is 3.89. The molecular weight excluding hydrogens is 260 g/mol. The van der Waals surface area contributed by atoms with E-state index in [9.17, 15) is 0 Å². The minimum Gasteiger partial charge on any atom is -0.368 e. The van der Waals surface area contributed by atoms with Crippen LogP contribution in [0.3, 0.4) is 0 Å². The Labute approximate surface area is 120 Å². The number of aromatic nitrogens is 2. The second-order valence-electron chi connectivity index (χ2n) is 5.07. The van der Waals surface area contributed by atoms with Crippen molar-refractivity contribution in [3.05, 3.63) is 17.0 Å². The molecule has 1 aliphatic heterocycles. The van der Waals surface area contributed by atoms with Crippen molar-refractivity contribution < 1.29 is 0 Å². The van der Waals surface area contributed by atoms with E-state index in [1.807, 2.05) is 0 Å². The quantitative estimate of drug-likeness (QED) is 0.815. The molecule has 106 valence electrons. The molecule has 1 aromatic rings. The monoisotopic (exact) mass is 282 g/mol. The number of hydrogen-bond donors (Lipinski definition) is 1. The van der Waals surface area contributed by atoms with Crippen molar-refractivity contribution in [1.29, 1.82) is 0 Å². The van der Waals surface area contributed by atoms with Crippen LogP contribution < -0.4 is 5.32 Å². The lowest BCUT2D eigenvalue weighted by atomic mass is 10.1. The largest absolute Gasteiger partial charge is 0.368 e. The summed E-state index contributed by atoms with van der Waals surface area (Å²) >= 11 is 6.13. The SMILES string of the molecule is CCCc1c(Cl)ncnc1NCCN1CCCCC1. The van der Waals surface area contributed by atoms with Gasteiger partial charge in [-0.3, -0.25) is 0 Å². The lowest BCUT2D eigenvalue weighted by Gasteiger charge is -2.26. The van der Waals surface area contributed by atoms with Gasteiger partial charge in [0.05, 0.1) is 0 Å². The minimum atomic E-state index is 0.581. The van der Waals surface area contributed by atoms with E-state index >= 15 is 0 Å². The van der Waals surface area contributed by atoms with Gasteiger partial charge in [-0.15, -0.1) is 0 Å². The molecule has 0 atom stereocenters.